The Labute approximate surface area is 173 Å². The number of aryl methyl sites for hydroxylation is 1. The molecule has 140 valence electrons. The summed E-state index contributed by atoms with van der Waals surface area (Å²) in [6.07, 6.45) is 3.63. The number of thiocarbonyl (C=S) groups is 1. The lowest BCUT2D eigenvalue weighted by Gasteiger charge is -2.13. The number of allylic oxidation sites excluding steroid dienone is 2. The lowest BCUT2D eigenvalue weighted by molar-refractivity contribution is 0.786. The van der Waals surface area contributed by atoms with Gasteiger partial charge in [-0.15, -0.1) is 18.4 Å². The van der Waals surface area contributed by atoms with E-state index in [1.54, 1.807) is 6.08 Å². The van der Waals surface area contributed by atoms with E-state index in [2.05, 4.69) is 50.4 Å². The summed E-state index contributed by atoms with van der Waals surface area (Å²) in [5.41, 5.74) is 12.3. The van der Waals surface area contributed by atoms with E-state index in [0.717, 1.165) is 21.6 Å². The summed E-state index contributed by atoms with van der Waals surface area (Å²) < 4.78 is 0. The van der Waals surface area contributed by atoms with Crippen LogP contribution >= 0.6 is 24.8 Å². The van der Waals surface area contributed by atoms with Gasteiger partial charge in [0.25, 0.3) is 0 Å². The van der Waals surface area contributed by atoms with Crippen molar-refractivity contribution in [2.45, 2.75) is 25.7 Å². The number of nitrogens with two attached hydrogens (primary N) is 1. The highest BCUT2D eigenvalue weighted by molar-refractivity contribution is 7.80. The normalized spacial score (nSPS) is 11.4. The molecule has 27 heavy (non-hydrogen) atoms. The van der Waals surface area contributed by atoms with Crippen molar-refractivity contribution in [1.29, 1.82) is 0 Å². The average molecular weight is 395 g/mol. The van der Waals surface area contributed by atoms with Gasteiger partial charge in [-0.25, -0.2) is 4.99 Å². The highest BCUT2D eigenvalue weighted by Crippen LogP contribution is 2.19. The first-order valence-electron chi connectivity index (χ1n) is 8.54. The van der Waals surface area contributed by atoms with E-state index in [1.165, 1.54) is 0 Å². The highest BCUT2D eigenvalue weighted by atomic mass is 32.1. The van der Waals surface area contributed by atoms with E-state index in [0.29, 0.717) is 16.4 Å². The molecule has 4 heteroatoms. The van der Waals surface area contributed by atoms with Crippen LogP contribution in [-0.4, -0.2) is 10.8 Å². The Balaban J connectivity index is 3.33. The van der Waals surface area contributed by atoms with Crippen LogP contribution in [0.15, 0.2) is 94.5 Å². The molecule has 2 N–H and O–H groups in total. The first kappa shape index (κ1) is 22.7. The van der Waals surface area contributed by atoms with Crippen LogP contribution < -0.4 is 5.73 Å². The number of nitrogens with zero attached hydrogens (tertiary/aromatic N) is 1. The first-order chi connectivity index (χ1) is 12.8. The zero-order valence-electron chi connectivity index (χ0n) is 16.1. The molecule has 0 atom stereocenters. The van der Waals surface area contributed by atoms with E-state index in [9.17, 15) is 0 Å². The topological polar surface area (TPSA) is 38.4 Å². The monoisotopic (exact) mass is 394 g/mol. The van der Waals surface area contributed by atoms with Crippen LogP contribution in [0.25, 0.3) is 0 Å². The molecule has 0 aliphatic rings. The van der Waals surface area contributed by atoms with Crippen molar-refractivity contribution in [3.8, 4) is 0 Å². The highest BCUT2D eigenvalue weighted by Gasteiger charge is 2.11. The summed E-state index contributed by atoms with van der Waals surface area (Å²) in [6.45, 7) is 13.8. The van der Waals surface area contributed by atoms with Crippen LogP contribution in [0.1, 0.15) is 25.0 Å². The molecule has 2 nitrogen and oxygen atoms in total. The molecule has 0 unspecified atom stereocenters. The molecule has 1 rings (SSSR count). The van der Waals surface area contributed by atoms with Crippen molar-refractivity contribution in [2.24, 2.45) is 16.6 Å². The lowest BCUT2D eigenvalue weighted by atomic mass is 9.95. The van der Waals surface area contributed by atoms with Crippen molar-refractivity contribution in [2.75, 3.05) is 0 Å². The van der Waals surface area contributed by atoms with Crippen molar-refractivity contribution < 1.29 is 0 Å². The quantitative estimate of drug-likeness (QED) is 0.162. The van der Waals surface area contributed by atoms with E-state index in [1.807, 2.05) is 55.5 Å². The van der Waals surface area contributed by atoms with Gasteiger partial charge in [-0.05, 0) is 48.3 Å². The standard InChI is InChI=1S/C23H26N2S2/c1-6-7-13-21(16(2)3)18(5)22(24)25-23(27)19-11-9-8-10-12-20(26)15-17(4)14-19/h7-16,26H,1,5H2,2-4H3,(H2,24,25,27)/b9-8?,10-8?,11-9?,12-10?,17-14?,17-15?,19-11?,19-14?,20-12?,20-15?,21-13-. The number of rotatable bonds is 5. The van der Waals surface area contributed by atoms with Crippen molar-refractivity contribution >= 4 is 35.7 Å². The van der Waals surface area contributed by atoms with Gasteiger partial charge >= 0.3 is 0 Å². The molecular formula is C23H26N2S2. The fraction of sp³-hybridized carbons (Fsp3) is 0.174. The van der Waals surface area contributed by atoms with Crippen LogP contribution in [0.4, 0.5) is 0 Å². The van der Waals surface area contributed by atoms with E-state index in [4.69, 9.17) is 18.0 Å². The van der Waals surface area contributed by atoms with E-state index in [-0.39, 0.29) is 5.92 Å². The third kappa shape index (κ3) is 7.79. The molecule has 0 amide bonds. The summed E-state index contributed by atoms with van der Waals surface area (Å²) >= 11 is 9.93. The largest absolute Gasteiger partial charge is 0.383 e. The van der Waals surface area contributed by atoms with Gasteiger partial charge < -0.3 is 5.73 Å². The maximum Gasteiger partial charge on any atom is 0.135 e. The summed E-state index contributed by atoms with van der Waals surface area (Å²) in [7, 11) is 0. The molecule has 0 fully saturated rings. The van der Waals surface area contributed by atoms with Gasteiger partial charge in [0.2, 0.25) is 0 Å². The Morgan fingerprint density at radius 3 is 2.56 bits per heavy atom. The molecule has 0 radical (unpaired) electrons. The molecule has 0 aliphatic heterocycles. The average Bonchev–Trinajstić information content (AvgIpc) is 2.59. The number of hydrogen-bond donors (Lipinski definition) is 2. The van der Waals surface area contributed by atoms with Crippen molar-refractivity contribution in [3.05, 3.63) is 95.8 Å². The maximum atomic E-state index is 6.19. The van der Waals surface area contributed by atoms with Crippen LogP contribution in [0.2, 0.25) is 0 Å². The summed E-state index contributed by atoms with van der Waals surface area (Å²) in [4.78, 5) is 5.68. The fourth-order valence-electron chi connectivity index (χ4n) is 2.31. The van der Waals surface area contributed by atoms with Crippen molar-refractivity contribution in [3.63, 3.8) is 0 Å². The predicted molar refractivity (Wildman–Crippen MR) is 125 cm³/mol. The van der Waals surface area contributed by atoms with Gasteiger partial charge in [0.15, 0.2) is 0 Å². The lowest BCUT2D eigenvalue weighted by Crippen LogP contribution is -2.19. The molecule has 0 aromatic heterocycles. The Hall–Kier alpha value is -2.39. The van der Waals surface area contributed by atoms with Crippen LogP contribution in [0, 0.1) is 12.8 Å². The molecule has 1 aromatic rings. The second-order valence-corrected chi connectivity index (χ2v) is 7.15. The predicted octanol–water partition coefficient (Wildman–Crippen LogP) is 5.92. The Bertz CT molecular complexity index is 885. The zero-order valence-corrected chi connectivity index (χ0v) is 17.8. The molecular weight excluding hydrogens is 368 g/mol. The smallest absolute Gasteiger partial charge is 0.135 e. The second-order valence-electron chi connectivity index (χ2n) is 6.25. The van der Waals surface area contributed by atoms with Gasteiger partial charge in [-0.3, -0.25) is 0 Å². The molecule has 0 spiro atoms. The zero-order chi connectivity index (χ0) is 20.4. The Morgan fingerprint density at radius 2 is 1.93 bits per heavy atom. The minimum Gasteiger partial charge on any atom is -0.383 e. The van der Waals surface area contributed by atoms with E-state index < -0.39 is 0 Å². The maximum absolute atomic E-state index is 6.19. The third-order valence-corrected chi connectivity index (χ3v) is 4.26. The molecule has 0 bridgehead atoms. The van der Waals surface area contributed by atoms with Gasteiger partial charge in [-0.1, -0.05) is 69.6 Å². The molecule has 0 heterocycles. The van der Waals surface area contributed by atoms with Gasteiger partial charge in [-0.2, -0.15) is 0 Å². The van der Waals surface area contributed by atoms with Crippen LogP contribution in [0.5, 0.6) is 0 Å². The Kier molecular flexibility index (Phi) is 9.52. The Morgan fingerprint density at radius 1 is 1.26 bits per heavy atom. The van der Waals surface area contributed by atoms with E-state index >= 15 is 0 Å². The number of hydrogen-bond acceptors (Lipinski definition) is 2. The molecule has 0 aliphatic carbocycles. The van der Waals surface area contributed by atoms with Crippen molar-refractivity contribution in [1.82, 2.24) is 0 Å². The van der Waals surface area contributed by atoms with Gasteiger partial charge in [0, 0.05) is 16.0 Å². The fourth-order valence-corrected chi connectivity index (χ4v) is 2.82. The molecule has 0 saturated carbocycles. The number of amidine groups is 1. The van der Waals surface area contributed by atoms with Crippen LogP contribution in [0.3, 0.4) is 0 Å². The van der Waals surface area contributed by atoms with Gasteiger partial charge in [0.1, 0.15) is 10.8 Å². The number of thiol groups is 1. The summed E-state index contributed by atoms with van der Waals surface area (Å²) in [5.74, 6) is 0.531. The van der Waals surface area contributed by atoms with Crippen LogP contribution in [-0.2, 0) is 0 Å². The first-order valence-corrected chi connectivity index (χ1v) is 9.40. The molecule has 0 saturated heterocycles. The summed E-state index contributed by atoms with van der Waals surface area (Å²) in [6, 6.07) is 13.5. The minimum absolute atomic E-state index is 0.230. The second kappa shape index (κ2) is 11.3. The molecule has 1 aromatic carbocycles. The summed E-state index contributed by atoms with van der Waals surface area (Å²) in [5, 5.41) is 0. The third-order valence-electron chi connectivity index (χ3n) is 3.65. The minimum atomic E-state index is 0.230. The number of aliphatic imine (C=N–C) groups is 1. The SMILES string of the molecule is C=C=C/C=C(\C(=C)C(N)=NC(=S)c1cccccc(S)cc(C)c1)C(C)C. The van der Waals surface area contributed by atoms with Gasteiger partial charge in [0.05, 0.1) is 0 Å².